The van der Waals surface area contributed by atoms with Gasteiger partial charge in [-0.3, -0.25) is 14.0 Å². The van der Waals surface area contributed by atoms with Gasteiger partial charge in [0.1, 0.15) is 0 Å². The molecule has 7 nitrogen and oxygen atoms in total. The van der Waals surface area contributed by atoms with Crippen LogP contribution in [0.15, 0.2) is 24.3 Å². The summed E-state index contributed by atoms with van der Waals surface area (Å²) in [7, 11) is -3.25. The van der Waals surface area contributed by atoms with E-state index >= 15 is 0 Å². The number of hydrogen-bond donors (Lipinski definition) is 0. The van der Waals surface area contributed by atoms with Gasteiger partial charge in [0, 0.05) is 44.3 Å². The van der Waals surface area contributed by atoms with Crippen molar-refractivity contribution < 1.29 is 17.9 Å². The average molecular weight is 422 g/mol. The number of morpholine rings is 1. The molecule has 3 aliphatic rings. The van der Waals surface area contributed by atoms with Gasteiger partial charge in [0.2, 0.25) is 10.0 Å². The highest BCUT2D eigenvalue weighted by molar-refractivity contribution is 7.93. The van der Waals surface area contributed by atoms with Crippen LogP contribution in [0.1, 0.15) is 43.5 Å². The highest BCUT2D eigenvalue weighted by Crippen LogP contribution is 2.27. The smallest absolute Gasteiger partial charge is 0.254 e. The maximum Gasteiger partial charge on any atom is 0.254 e. The number of hydrogen-bond acceptors (Lipinski definition) is 5. The lowest BCUT2D eigenvalue weighted by Crippen LogP contribution is -2.50. The largest absolute Gasteiger partial charge is 0.373 e. The maximum atomic E-state index is 13.3. The zero-order valence-electron chi connectivity index (χ0n) is 17.3. The van der Waals surface area contributed by atoms with Crippen molar-refractivity contribution in [3.8, 4) is 0 Å². The molecule has 8 heteroatoms. The van der Waals surface area contributed by atoms with Crippen LogP contribution in [0.4, 0.5) is 5.69 Å². The third kappa shape index (κ3) is 4.44. The van der Waals surface area contributed by atoms with E-state index in [0.717, 1.165) is 39.0 Å². The lowest BCUT2D eigenvalue weighted by Gasteiger charge is -2.38. The molecule has 1 aromatic carbocycles. The first-order chi connectivity index (χ1) is 13.8. The molecule has 0 aliphatic carbocycles. The van der Waals surface area contributed by atoms with Gasteiger partial charge in [-0.25, -0.2) is 8.42 Å². The van der Waals surface area contributed by atoms with Gasteiger partial charge in [-0.2, -0.15) is 0 Å². The van der Waals surface area contributed by atoms with Crippen molar-refractivity contribution in [1.82, 2.24) is 9.80 Å². The Kier molecular flexibility index (Phi) is 5.86. The minimum atomic E-state index is -3.25. The lowest BCUT2D eigenvalue weighted by molar-refractivity contribution is -0.0715. The van der Waals surface area contributed by atoms with Crippen molar-refractivity contribution in [2.24, 2.45) is 0 Å². The second-order valence-corrected chi connectivity index (χ2v) is 10.6. The number of carbonyl (C=O) groups excluding carboxylic acids is 1. The third-order valence-electron chi connectivity index (χ3n) is 6.08. The number of amides is 1. The summed E-state index contributed by atoms with van der Waals surface area (Å²) in [6, 6.07) is 7.28. The zero-order chi connectivity index (χ0) is 20.6. The summed E-state index contributed by atoms with van der Waals surface area (Å²) in [6.45, 7) is 8.08. The van der Waals surface area contributed by atoms with E-state index in [1.54, 1.807) is 24.3 Å². The minimum absolute atomic E-state index is 0.000279. The minimum Gasteiger partial charge on any atom is -0.373 e. The average Bonchev–Trinajstić information content (AvgIpc) is 3.26. The van der Waals surface area contributed by atoms with E-state index in [9.17, 15) is 13.2 Å². The predicted octanol–water partition coefficient (Wildman–Crippen LogP) is 1.94. The van der Waals surface area contributed by atoms with Crippen LogP contribution in [-0.2, 0) is 14.8 Å². The van der Waals surface area contributed by atoms with E-state index in [1.807, 2.05) is 4.90 Å². The first-order valence-electron chi connectivity index (χ1n) is 10.6. The van der Waals surface area contributed by atoms with Gasteiger partial charge in [-0.05, 0) is 51.3 Å². The highest BCUT2D eigenvalue weighted by Gasteiger charge is 2.34. The number of likely N-dealkylation sites (tertiary alicyclic amines) is 1. The quantitative estimate of drug-likeness (QED) is 0.743. The molecule has 0 N–H and O–H groups in total. The molecule has 29 heavy (non-hydrogen) atoms. The lowest BCUT2D eigenvalue weighted by atomic mass is 10.1. The van der Waals surface area contributed by atoms with E-state index in [4.69, 9.17) is 4.74 Å². The summed E-state index contributed by atoms with van der Waals surface area (Å²) in [4.78, 5) is 17.7. The second kappa shape index (κ2) is 8.24. The Morgan fingerprint density at radius 1 is 1.14 bits per heavy atom. The van der Waals surface area contributed by atoms with Crippen LogP contribution >= 0.6 is 0 Å². The van der Waals surface area contributed by atoms with Crippen molar-refractivity contribution in [3.63, 3.8) is 0 Å². The van der Waals surface area contributed by atoms with Crippen LogP contribution in [0.5, 0.6) is 0 Å². The van der Waals surface area contributed by atoms with Crippen molar-refractivity contribution in [3.05, 3.63) is 29.8 Å². The molecule has 3 saturated heterocycles. The van der Waals surface area contributed by atoms with Gasteiger partial charge >= 0.3 is 0 Å². The van der Waals surface area contributed by atoms with Crippen LogP contribution in [0.25, 0.3) is 0 Å². The molecule has 4 rings (SSSR count). The Morgan fingerprint density at radius 2 is 1.90 bits per heavy atom. The SMILES string of the molecule is CC1CN(CC2CCCN2C(=O)c2cccc(N3CCCS3(=O)=O)c2)CC(C)O1. The molecule has 3 fully saturated rings. The van der Waals surface area contributed by atoms with E-state index in [1.165, 1.54) is 4.31 Å². The summed E-state index contributed by atoms with van der Waals surface area (Å²) in [5.74, 6) is 0.177. The Bertz CT molecular complexity index is 849. The molecule has 0 aromatic heterocycles. The summed E-state index contributed by atoms with van der Waals surface area (Å²) in [5.41, 5.74) is 1.17. The molecule has 0 bridgehead atoms. The van der Waals surface area contributed by atoms with Crippen molar-refractivity contribution in [1.29, 1.82) is 0 Å². The first-order valence-corrected chi connectivity index (χ1v) is 12.2. The molecule has 160 valence electrons. The summed E-state index contributed by atoms with van der Waals surface area (Å²) in [5, 5.41) is 0. The van der Waals surface area contributed by atoms with Gasteiger partial charge < -0.3 is 9.64 Å². The van der Waals surface area contributed by atoms with Crippen molar-refractivity contribution in [2.45, 2.75) is 51.4 Å². The van der Waals surface area contributed by atoms with Gasteiger partial charge in [0.25, 0.3) is 5.91 Å². The Labute approximate surface area is 173 Å². The number of ether oxygens (including phenoxy) is 1. The Balaban J connectivity index is 1.48. The van der Waals surface area contributed by atoms with Gasteiger partial charge in [0.15, 0.2) is 0 Å². The first kappa shape index (κ1) is 20.6. The second-order valence-electron chi connectivity index (χ2n) is 8.56. The number of sulfonamides is 1. The summed E-state index contributed by atoms with van der Waals surface area (Å²) < 4.78 is 31.7. The van der Waals surface area contributed by atoms with Crippen LogP contribution in [0.3, 0.4) is 0 Å². The highest BCUT2D eigenvalue weighted by atomic mass is 32.2. The van der Waals surface area contributed by atoms with Crippen LogP contribution in [-0.4, -0.2) is 80.9 Å². The molecule has 0 saturated carbocycles. The van der Waals surface area contributed by atoms with Crippen molar-refractivity contribution >= 4 is 21.6 Å². The molecule has 0 spiro atoms. The van der Waals surface area contributed by atoms with Crippen LogP contribution in [0.2, 0.25) is 0 Å². The van der Waals surface area contributed by atoms with E-state index in [-0.39, 0.29) is 29.9 Å². The number of carbonyl (C=O) groups is 1. The molecule has 1 aromatic rings. The molecule has 3 unspecified atom stereocenters. The fourth-order valence-corrected chi connectivity index (χ4v) is 6.47. The van der Waals surface area contributed by atoms with E-state index in [2.05, 4.69) is 18.7 Å². The van der Waals surface area contributed by atoms with Gasteiger partial charge in [-0.15, -0.1) is 0 Å². The third-order valence-corrected chi connectivity index (χ3v) is 7.95. The molecule has 3 aliphatic heterocycles. The fraction of sp³-hybridized carbons (Fsp3) is 0.667. The Hall–Kier alpha value is -1.64. The zero-order valence-corrected chi connectivity index (χ0v) is 18.1. The summed E-state index contributed by atoms with van der Waals surface area (Å²) >= 11 is 0. The van der Waals surface area contributed by atoms with Crippen LogP contribution < -0.4 is 4.31 Å². The molecular weight excluding hydrogens is 390 g/mol. The maximum absolute atomic E-state index is 13.3. The van der Waals surface area contributed by atoms with Crippen molar-refractivity contribution in [2.75, 3.05) is 42.8 Å². The van der Waals surface area contributed by atoms with Gasteiger partial charge in [-0.1, -0.05) is 6.07 Å². The predicted molar refractivity (Wildman–Crippen MR) is 113 cm³/mol. The molecule has 3 heterocycles. The topological polar surface area (TPSA) is 70.2 Å². The van der Waals surface area contributed by atoms with E-state index in [0.29, 0.717) is 24.2 Å². The number of anilines is 1. The molecule has 1 amide bonds. The number of rotatable bonds is 4. The number of nitrogens with zero attached hydrogens (tertiary/aromatic N) is 3. The standard InChI is InChI=1S/C21H31N3O4S/c1-16-13-22(14-17(2)28-16)15-20-8-4-9-23(20)21(25)18-6-3-7-19(12-18)24-10-5-11-29(24,26)27/h3,6-7,12,16-17,20H,4-5,8-11,13-15H2,1-2H3. The monoisotopic (exact) mass is 421 g/mol. The number of benzene rings is 1. The molecule has 3 atom stereocenters. The van der Waals surface area contributed by atoms with E-state index < -0.39 is 10.0 Å². The van der Waals surface area contributed by atoms with Crippen LogP contribution in [0, 0.1) is 0 Å². The van der Waals surface area contributed by atoms with Gasteiger partial charge in [0.05, 0.1) is 23.6 Å². The summed E-state index contributed by atoms with van der Waals surface area (Å²) in [6.07, 6.45) is 3.07. The molecular formula is C21H31N3O4S. The normalized spacial score (nSPS) is 30.1. The fourth-order valence-electron chi connectivity index (χ4n) is 4.91. The molecule has 0 radical (unpaired) electrons. The Morgan fingerprint density at radius 3 is 2.59 bits per heavy atom.